The Hall–Kier alpha value is -3.45. The molecule has 0 radical (unpaired) electrons. The summed E-state index contributed by atoms with van der Waals surface area (Å²) in [5.74, 6) is -0.114. The van der Waals surface area contributed by atoms with Crippen LogP contribution >= 0.6 is 0 Å². The zero-order valence-corrected chi connectivity index (χ0v) is 14.5. The summed E-state index contributed by atoms with van der Waals surface area (Å²) in [4.78, 5) is 30.2. The maximum absolute atomic E-state index is 12.8. The molecule has 4 rings (SSSR count). The number of aromatic nitrogens is 2. The van der Waals surface area contributed by atoms with E-state index in [1.54, 1.807) is 16.6 Å². The van der Waals surface area contributed by atoms with E-state index in [2.05, 4.69) is 4.98 Å². The molecule has 2 N–H and O–H groups in total. The number of hydrogen-bond donors (Lipinski definition) is 2. The van der Waals surface area contributed by atoms with Crippen LogP contribution in [-0.2, 0) is 13.1 Å². The summed E-state index contributed by atoms with van der Waals surface area (Å²) in [6, 6.07) is 17.5. The third-order valence-electron chi connectivity index (χ3n) is 4.66. The van der Waals surface area contributed by atoms with Crippen molar-refractivity contribution in [3.05, 3.63) is 77.9 Å². The quantitative estimate of drug-likeness (QED) is 0.553. The molecule has 0 spiro atoms. The van der Waals surface area contributed by atoms with Gasteiger partial charge in [-0.1, -0.05) is 42.5 Å². The van der Waals surface area contributed by atoms with Crippen molar-refractivity contribution in [2.75, 3.05) is 6.54 Å². The molecule has 0 saturated carbocycles. The van der Waals surface area contributed by atoms with Gasteiger partial charge in [-0.25, -0.2) is 10.5 Å². The minimum Gasteiger partial charge on any atom is -0.331 e. The fourth-order valence-corrected chi connectivity index (χ4v) is 3.21. The number of carbonyl (C=O) groups excluding carboxylic acids is 2. The molecule has 136 valence electrons. The van der Waals surface area contributed by atoms with Gasteiger partial charge in [0.2, 0.25) is 0 Å². The highest BCUT2D eigenvalue weighted by Crippen LogP contribution is 2.21. The molecule has 3 aromatic rings. The number of amides is 2. The summed E-state index contributed by atoms with van der Waals surface area (Å²) in [5.41, 5.74) is 4.48. The van der Waals surface area contributed by atoms with E-state index in [9.17, 15) is 9.59 Å². The van der Waals surface area contributed by atoms with E-state index in [4.69, 9.17) is 5.21 Å². The monoisotopic (exact) mass is 362 g/mol. The van der Waals surface area contributed by atoms with Crippen molar-refractivity contribution < 1.29 is 14.8 Å². The van der Waals surface area contributed by atoms with Crippen molar-refractivity contribution >= 4 is 11.8 Å². The molecule has 0 aliphatic carbocycles. The number of hydroxylamine groups is 1. The van der Waals surface area contributed by atoms with Crippen LogP contribution in [0, 0.1) is 0 Å². The summed E-state index contributed by atoms with van der Waals surface area (Å²) in [5, 5.41) is 8.73. The molecule has 0 fully saturated rings. The van der Waals surface area contributed by atoms with E-state index in [0.717, 1.165) is 11.1 Å². The van der Waals surface area contributed by atoms with Crippen LogP contribution in [0.1, 0.15) is 26.7 Å². The van der Waals surface area contributed by atoms with Crippen LogP contribution < -0.4 is 5.48 Å². The molecule has 1 aliphatic heterocycles. The Morgan fingerprint density at radius 2 is 1.67 bits per heavy atom. The van der Waals surface area contributed by atoms with E-state index in [0.29, 0.717) is 31.0 Å². The van der Waals surface area contributed by atoms with E-state index < -0.39 is 5.91 Å². The van der Waals surface area contributed by atoms with Gasteiger partial charge >= 0.3 is 0 Å². The van der Waals surface area contributed by atoms with Gasteiger partial charge in [0.1, 0.15) is 11.5 Å². The van der Waals surface area contributed by atoms with E-state index in [1.807, 2.05) is 59.2 Å². The topological polar surface area (TPSA) is 87.5 Å². The molecular weight excluding hydrogens is 344 g/mol. The molecule has 0 unspecified atom stereocenters. The number of imidazole rings is 1. The van der Waals surface area contributed by atoms with Crippen molar-refractivity contribution in [2.24, 2.45) is 0 Å². The van der Waals surface area contributed by atoms with Gasteiger partial charge in [0.25, 0.3) is 11.8 Å². The van der Waals surface area contributed by atoms with E-state index in [1.165, 1.54) is 0 Å². The maximum Gasteiger partial charge on any atom is 0.294 e. The lowest BCUT2D eigenvalue weighted by atomic mass is 10.0. The first-order valence-corrected chi connectivity index (χ1v) is 8.61. The van der Waals surface area contributed by atoms with Crippen molar-refractivity contribution in [1.29, 1.82) is 0 Å². The van der Waals surface area contributed by atoms with Gasteiger partial charge in [0.15, 0.2) is 0 Å². The standard InChI is InChI=1S/C20H18N4O3/c25-19(22-27)17-12-23-10-11-24(13-18(23)21-17)20(26)16-8-6-15(7-9-16)14-4-2-1-3-5-14/h1-9,12,27H,10-11,13H2,(H,22,25). The van der Waals surface area contributed by atoms with Crippen LogP contribution in [0.25, 0.3) is 11.1 Å². The lowest BCUT2D eigenvalue weighted by molar-refractivity contribution is 0.0700. The highest BCUT2D eigenvalue weighted by Gasteiger charge is 2.24. The smallest absolute Gasteiger partial charge is 0.294 e. The molecule has 1 aromatic heterocycles. The lowest BCUT2D eigenvalue weighted by Gasteiger charge is -2.27. The highest BCUT2D eigenvalue weighted by molar-refractivity contribution is 5.95. The van der Waals surface area contributed by atoms with Gasteiger partial charge in [-0.2, -0.15) is 0 Å². The second-order valence-corrected chi connectivity index (χ2v) is 6.35. The lowest BCUT2D eigenvalue weighted by Crippen LogP contribution is -2.38. The number of hydrogen-bond acceptors (Lipinski definition) is 4. The summed E-state index contributed by atoms with van der Waals surface area (Å²) in [6.07, 6.45) is 1.58. The minimum absolute atomic E-state index is 0.0722. The van der Waals surface area contributed by atoms with Gasteiger partial charge in [-0.3, -0.25) is 14.8 Å². The number of fused-ring (bicyclic) bond motifs is 1. The predicted molar refractivity (Wildman–Crippen MR) is 98.1 cm³/mol. The SMILES string of the molecule is O=C(NO)c1cn2c(n1)CN(C(=O)c1ccc(-c3ccccc3)cc1)CC2. The summed E-state index contributed by atoms with van der Waals surface area (Å²) < 4.78 is 1.83. The van der Waals surface area contributed by atoms with Gasteiger partial charge < -0.3 is 9.47 Å². The van der Waals surface area contributed by atoms with Gasteiger partial charge in [0.05, 0.1) is 6.54 Å². The van der Waals surface area contributed by atoms with E-state index >= 15 is 0 Å². The first-order valence-electron chi connectivity index (χ1n) is 8.61. The number of carbonyl (C=O) groups is 2. The maximum atomic E-state index is 12.8. The average molecular weight is 362 g/mol. The van der Waals surface area contributed by atoms with Gasteiger partial charge in [-0.05, 0) is 23.3 Å². The molecule has 0 atom stereocenters. The molecule has 7 nitrogen and oxygen atoms in total. The number of nitrogens with one attached hydrogen (secondary N) is 1. The van der Waals surface area contributed by atoms with Crippen LogP contribution in [0.15, 0.2) is 60.8 Å². The first-order chi connectivity index (χ1) is 13.2. The Bertz CT molecular complexity index is 980. The van der Waals surface area contributed by atoms with Crippen molar-refractivity contribution in [3.8, 4) is 11.1 Å². The van der Waals surface area contributed by atoms with Gasteiger partial charge in [-0.15, -0.1) is 0 Å². The Morgan fingerprint density at radius 3 is 2.37 bits per heavy atom. The van der Waals surface area contributed by atoms with Crippen LogP contribution in [0.4, 0.5) is 0 Å². The Labute approximate surface area is 155 Å². The summed E-state index contributed by atoms with van der Waals surface area (Å²) in [7, 11) is 0. The number of nitrogens with zero attached hydrogens (tertiary/aromatic N) is 3. The Morgan fingerprint density at radius 1 is 0.963 bits per heavy atom. The second-order valence-electron chi connectivity index (χ2n) is 6.35. The fourth-order valence-electron chi connectivity index (χ4n) is 3.21. The van der Waals surface area contributed by atoms with Crippen molar-refractivity contribution in [3.63, 3.8) is 0 Å². The normalized spacial score (nSPS) is 13.1. The summed E-state index contributed by atoms with van der Waals surface area (Å²) in [6.45, 7) is 1.40. The second kappa shape index (κ2) is 7.05. The fraction of sp³-hybridized carbons (Fsp3) is 0.150. The van der Waals surface area contributed by atoms with Crippen LogP contribution in [0.3, 0.4) is 0 Å². The molecule has 0 bridgehead atoms. The zero-order valence-electron chi connectivity index (χ0n) is 14.5. The number of rotatable bonds is 3. The molecular formula is C20H18N4O3. The Kier molecular flexibility index (Phi) is 4.43. The summed E-state index contributed by atoms with van der Waals surface area (Å²) >= 11 is 0. The van der Waals surface area contributed by atoms with Gasteiger partial charge in [0, 0.05) is 24.8 Å². The third kappa shape index (κ3) is 3.32. The van der Waals surface area contributed by atoms with Crippen LogP contribution in [-0.4, -0.2) is 38.0 Å². The molecule has 2 heterocycles. The van der Waals surface area contributed by atoms with Crippen molar-refractivity contribution in [1.82, 2.24) is 19.9 Å². The number of benzene rings is 2. The third-order valence-corrected chi connectivity index (χ3v) is 4.66. The average Bonchev–Trinajstić information content (AvgIpc) is 3.17. The molecule has 0 saturated heterocycles. The molecule has 2 aromatic carbocycles. The Balaban J connectivity index is 1.50. The van der Waals surface area contributed by atoms with E-state index in [-0.39, 0.29) is 11.6 Å². The predicted octanol–water partition coefficient (Wildman–Crippen LogP) is 2.33. The van der Waals surface area contributed by atoms with Crippen LogP contribution in [0.2, 0.25) is 0 Å². The molecule has 27 heavy (non-hydrogen) atoms. The minimum atomic E-state index is -0.661. The van der Waals surface area contributed by atoms with Crippen molar-refractivity contribution in [2.45, 2.75) is 13.1 Å². The zero-order chi connectivity index (χ0) is 18.8. The molecule has 2 amide bonds. The molecule has 7 heteroatoms. The van der Waals surface area contributed by atoms with Crippen LogP contribution in [0.5, 0.6) is 0 Å². The first kappa shape index (κ1) is 17.0. The molecule has 1 aliphatic rings. The highest BCUT2D eigenvalue weighted by atomic mass is 16.5. The largest absolute Gasteiger partial charge is 0.331 e.